The largest absolute Gasteiger partial charge is 0.353 e. The van der Waals surface area contributed by atoms with E-state index in [1.54, 1.807) is 36.0 Å². The Morgan fingerprint density at radius 2 is 1.67 bits per heavy atom. The zero-order valence-corrected chi connectivity index (χ0v) is 21.7. The zero-order chi connectivity index (χ0) is 24.3. The van der Waals surface area contributed by atoms with E-state index in [-0.39, 0.29) is 16.8 Å². The van der Waals surface area contributed by atoms with Gasteiger partial charge in [0.1, 0.15) is 6.04 Å². The van der Waals surface area contributed by atoms with Gasteiger partial charge < -0.3 is 5.32 Å². The predicted molar refractivity (Wildman–Crippen MR) is 138 cm³/mol. The van der Waals surface area contributed by atoms with Crippen LogP contribution < -0.4 is 10.0 Å². The molecule has 0 radical (unpaired) electrons. The molecule has 0 saturated heterocycles. The number of rotatable bonds is 14. The first-order valence-electron chi connectivity index (χ1n) is 11.4. The molecule has 2 aromatic carbocycles. The summed E-state index contributed by atoms with van der Waals surface area (Å²) in [6.45, 7) is 8.33. The van der Waals surface area contributed by atoms with Crippen LogP contribution >= 0.6 is 11.8 Å². The van der Waals surface area contributed by atoms with Crippen LogP contribution in [0.15, 0.2) is 59.5 Å². The topological polar surface area (TPSA) is 78.5 Å². The summed E-state index contributed by atoms with van der Waals surface area (Å²) in [5.41, 5.74) is 2.19. The highest BCUT2D eigenvalue weighted by molar-refractivity contribution is 7.98. The number of nitrogens with zero attached hydrogens (tertiary/aromatic N) is 1. The number of sulfonamides is 1. The Labute approximate surface area is 203 Å². The SMILES string of the molecule is CCN(CC)C(CNC(=O)C(CCSC)NS(=O)(=O)c1ccc(C)cc1)Cc1ccccc1. The van der Waals surface area contributed by atoms with E-state index in [4.69, 9.17) is 0 Å². The standard InChI is InChI=1S/C25H37N3O3S2/c1-5-28(6-2)22(18-21-10-8-7-9-11-21)19-26-25(29)24(16-17-32-4)27-33(30,31)23-14-12-20(3)13-15-23/h7-15,22,24,27H,5-6,16-19H2,1-4H3,(H,26,29). The van der Waals surface area contributed by atoms with Crippen molar-refractivity contribution in [1.82, 2.24) is 14.9 Å². The maximum Gasteiger partial charge on any atom is 0.241 e. The fraction of sp³-hybridized carbons (Fsp3) is 0.480. The molecule has 33 heavy (non-hydrogen) atoms. The van der Waals surface area contributed by atoms with Gasteiger partial charge in [-0.2, -0.15) is 16.5 Å². The van der Waals surface area contributed by atoms with Crippen molar-refractivity contribution in [2.45, 2.75) is 50.6 Å². The summed E-state index contributed by atoms with van der Waals surface area (Å²) in [6, 6.07) is 16.2. The molecule has 0 aliphatic rings. The molecule has 0 spiro atoms. The van der Waals surface area contributed by atoms with E-state index < -0.39 is 16.1 Å². The summed E-state index contributed by atoms with van der Waals surface area (Å²) in [5.74, 6) is 0.391. The van der Waals surface area contributed by atoms with Crippen molar-refractivity contribution in [2.75, 3.05) is 31.6 Å². The van der Waals surface area contributed by atoms with Gasteiger partial charge in [0.05, 0.1) is 4.90 Å². The van der Waals surface area contributed by atoms with E-state index in [0.717, 1.165) is 25.1 Å². The predicted octanol–water partition coefficient (Wildman–Crippen LogP) is 3.46. The van der Waals surface area contributed by atoms with Crippen LogP contribution in [0.2, 0.25) is 0 Å². The molecule has 2 atom stereocenters. The summed E-state index contributed by atoms with van der Waals surface area (Å²) >= 11 is 1.59. The lowest BCUT2D eigenvalue weighted by atomic mass is 10.0. The molecule has 182 valence electrons. The molecule has 0 bridgehead atoms. The highest BCUT2D eigenvalue weighted by Gasteiger charge is 2.26. The fourth-order valence-corrected chi connectivity index (χ4v) is 5.45. The Morgan fingerprint density at radius 1 is 1.03 bits per heavy atom. The molecule has 1 amide bonds. The normalized spacial score (nSPS) is 13.6. The van der Waals surface area contributed by atoms with Gasteiger partial charge in [-0.05, 0) is 62.6 Å². The number of carbonyl (C=O) groups is 1. The number of thioether (sulfide) groups is 1. The Kier molecular flexibility index (Phi) is 11.4. The number of likely N-dealkylation sites (N-methyl/N-ethyl adjacent to an activating group) is 1. The minimum atomic E-state index is -3.79. The molecule has 6 nitrogen and oxygen atoms in total. The second-order valence-corrected chi connectivity index (χ2v) is 10.8. The number of hydrogen-bond acceptors (Lipinski definition) is 5. The van der Waals surface area contributed by atoms with Gasteiger partial charge in [-0.25, -0.2) is 8.42 Å². The summed E-state index contributed by atoms with van der Waals surface area (Å²) in [6.07, 6.45) is 3.18. The number of hydrogen-bond donors (Lipinski definition) is 2. The van der Waals surface area contributed by atoms with Gasteiger partial charge in [0, 0.05) is 12.6 Å². The molecule has 8 heteroatoms. The van der Waals surface area contributed by atoms with Crippen LogP contribution in [0, 0.1) is 6.92 Å². The minimum absolute atomic E-state index is 0.126. The van der Waals surface area contributed by atoms with Gasteiger partial charge in [0.25, 0.3) is 0 Å². The first-order valence-corrected chi connectivity index (χ1v) is 14.3. The van der Waals surface area contributed by atoms with E-state index in [0.29, 0.717) is 18.7 Å². The van der Waals surface area contributed by atoms with Gasteiger partial charge in [-0.1, -0.05) is 61.9 Å². The highest BCUT2D eigenvalue weighted by Crippen LogP contribution is 2.13. The van der Waals surface area contributed by atoms with Gasteiger partial charge in [-0.3, -0.25) is 9.69 Å². The van der Waals surface area contributed by atoms with Crippen LogP contribution in [0.4, 0.5) is 0 Å². The van der Waals surface area contributed by atoms with Gasteiger partial charge in [-0.15, -0.1) is 0 Å². The third kappa shape index (κ3) is 8.77. The molecule has 0 saturated carbocycles. The van der Waals surface area contributed by atoms with Crippen molar-refractivity contribution >= 4 is 27.7 Å². The molecule has 2 unspecified atom stereocenters. The Bertz CT molecular complexity index is 947. The molecule has 0 heterocycles. The lowest BCUT2D eigenvalue weighted by molar-refractivity contribution is -0.123. The Hall–Kier alpha value is -1.87. The smallest absolute Gasteiger partial charge is 0.241 e. The third-order valence-electron chi connectivity index (χ3n) is 5.71. The molecule has 2 N–H and O–H groups in total. The molecule has 0 fully saturated rings. The summed E-state index contributed by atoms with van der Waals surface area (Å²) in [4.78, 5) is 15.6. The first-order chi connectivity index (χ1) is 15.8. The van der Waals surface area contributed by atoms with Crippen LogP contribution in [0.1, 0.15) is 31.4 Å². The van der Waals surface area contributed by atoms with Gasteiger partial charge in [0.2, 0.25) is 15.9 Å². The summed E-state index contributed by atoms with van der Waals surface area (Å²) in [5, 5.41) is 3.03. The van der Waals surface area contributed by atoms with E-state index in [9.17, 15) is 13.2 Å². The van der Waals surface area contributed by atoms with Crippen molar-refractivity contribution in [3.05, 3.63) is 65.7 Å². The molecule has 0 aromatic heterocycles. The average Bonchev–Trinajstić information content (AvgIpc) is 2.81. The monoisotopic (exact) mass is 491 g/mol. The lowest BCUT2D eigenvalue weighted by Gasteiger charge is -2.30. The lowest BCUT2D eigenvalue weighted by Crippen LogP contribution is -2.51. The molecule has 2 rings (SSSR count). The van der Waals surface area contributed by atoms with Crippen LogP contribution in [-0.4, -0.2) is 63.0 Å². The van der Waals surface area contributed by atoms with Crippen molar-refractivity contribution in [1.29, 1.82) is 0 Å². The molecule has 0 aliphatic heterocycles. The Balaban J connectivity index is 2.12. The van der Waals surface area contributed by atoms with Crippen molar-refractivity contribution in [2.24, 2.45) is 0 Å². The molecular weight excluding hydrogens is 454 g/mol. The highest BCUT2D eigenvalue weighted by atomic mass is 32.2. The van der Waals surface area contributed by atoms with Crippen molar-refractivity contribution in [3.63, 3.8) is 0 Å². The number of benzene rings is 2. The van der Waals surface area contributed by atoms with Crippen LogP contribution in [0.5, 0.6) is 0 Å². The fourth-order valence-electron chi connectivity index (χ4n) is 3.75. The quantitative estimate of drug-likeness (QED) is 0.423. The van der Waals surface area contributed by atoms with Crippen LogP contribution in [0.3, 0.4) is 0 Å². The molecule has 2 aromatic rings. The second kappa shape index (κ2) is 13.7. The average molecular weight is 492 g/mol. The van der Waals surface area contributed by atoms with E-state index in [1.807, 2.05) is 31.4 Å². The van der Waals surface area contributed by atoms with Gasteiger partial charge >= 0.3 is 0 Å². The Morgan fingerprint density at radius 3 is 2.24 bits per heavy atom. The third-order valence-corrected chi connectivity index (χ3v) is 7.84. The maximum atomic E-state index is 13.1. The summed E-state index contributed by atoms with van der Waals surface area (Å²) in [7, 11) is -3.79. The van der Waals surface area contributed by atoms with Crippen LogP contribution in [-0.2, 0) is 21.2 Å². The maximum absolute atomic E-state index is 13.1. The number of nitrogens with one attached hydrogen (secondary N) is 2. The van der Waals surface area contributed by atoms with Crippen LogP contribution in [0.25, 0.3) is 0 Å². The minimum Gasteiger partial charge on any atom is -0.353 e. The summed E-state index contributed by atoms with van der Waals surface area (Å²) < 4.78 is 28.4. The molecular formula is C25H37N3O3S2. The number of carbonyl (C=O) groups excluding carboxylic acids is 1. The molecule has 0 aliphatic carbocycles. The first kappa shape index (κ1) is 27.4. The van der Waals surface area contributed by atoms with Crippen molar-refractivity contribution in [3.8, 4) is 0 Å². The van der Waals surface area contributed by atoms with E-state index in [2.05, 4.69) is 40.9 Å². The van der Waals surface area contributed by atoms with Crippen molar-refractivity contribution < 1.29 is 13.2 Å². The van der Waals surface area contributed by atoms with E-state index >= 15 is 0 Å². The van der Waals surface area contributed by atoms with E-state index in [1.165, 1.54) is 5.56 Å². The second-order valence-electron chi connectivity index (χ2n) is 8.08. The number of aryl methyl sites for hydroxylation is 1. The van der Waals surface area contributed by atoms with Gasteiger partial charge in [0.15, 0.2) is 0 Å². The number of amides is 1. The zero-order valence-electron chi connectivity index (χ0n) is 20.1.